The van der Waals surface area contributed by atoms with Crippen LogP contribution >= 0.6 is 0 Å². The average Bonchev–Trinajstić information content (AvgIpc) is 2.36. The highest BCUT2D eigenvalue weighted by atomic mass is 16.3. The Labute approximate surface area is 111 Å². The third-order valence-corrected chi connectivity index (χ3v) is 5.18. The normalized spacial score (nSPS) is 33.1. The first kappa shape index (κ1) is 13.9. The summed E-state index contributed by atoms with van der Waals surface area (Å²) >= 11 is 0. The van der Waals surface area contributed by atoms with E-state index in [-0.39, 0.29) is 11.3 Å². The number of hydrogen-bond acceptors (Lipinski definition) is 2. The minimum atomic E-state index is -0.481. The molecule has 2 aliphatic rings. The van der Waals surface area contributed by atoms with Gasteiger partial charge in [0.2, 0.25) is 5.91 Å². The summed E-state index contributed by atoms with van der Waals surface area (Å²) in [6.45, 7) is 7.61. The minimum absolute atomic E-state index is 0.260. The van der Waals surface area contributed by atoms with E-state index in [1.807, 2.05) is 18.7 Å². The lowest BCUT2D eigenvalue weighted by Crippen LogP contribution is -2.56. The molecule has 3 heteroatoms. The van der Waals surface area contributed by atoms with Crippen molar-refractivity contribution in [2.45, 2.75) is 64.9 Å². The van der Waals surface area contributed by atoms with Crippen LogP contribution in [0.15, 0.2) is 0 Å². The molecule has 1 heterocycles. The standard InChI is InChI=1S/C15H27NO2/c1-4-14(2,3)13(17)16-10-9-15(18)8-6-5-7-12(15)11-16/h12,18H,4-11H2,1-3H3. The Balaban J connectivity index is 2.05. The second-order valence-electron chi connectivity index (χ2n) is 6.78. The van der Waals surface area contributed by atoms with Crippen LogP contribution in [0.25, 0.3) is 0 Å². The molecule has 2 unspecified atom stereocenters. The van der Waals surface area contributed by atoms with E-state index in [4.69, 9.17) is 0 Å². The van der Waals surface area contributed by atoms with Crippen LogP contribution in [0.1, 0.15) is 59.3 Å². The Hall–Kier alpha value is -0.570. The van der Waals surface area contributed by atoms with Crippen LogP contribution in [0, 0.1) is 11.3 Å². The van der Waals surface area contributed by atoms with Gasteiger partial charge in [0.05, 0.1) is 5.60 Å². The van der Waals surface area contributed by atoms with Crippen LogP contribution in [-0.4, -0.2) is 34.6 Å². The molecule has 0 bridgehead atoms. The SMILES string of the molecule is CCC(C)(C)C(=O)N1CCC2(O)CCCCC2C1. The summed E-state index contributed by atoms with van der Waals surface area (Å²) in [6, 6.07) is 0. The van der Waals surface area contributed by atoms with Gasteiger partial charge in [0.1, 0.15) is 0 Å². The van der Waals surface area contributed by atoms with Crippen LogP contribution in [-0.2, 0) is 4.79 Å². The Bertz CT molecular complexity index is 326. The van der Waals surface area contributed by atoms with Gasteiger partial charge in [-0.1, -0.05) is 33.6 Å². The van der Waals surface area contributed by atoms with Crippen molar-refractivity contribution in [2.24, 2.45) is 11.3 Å². The molecule has 1 amide bonds. The maximum absolute atomic E-state index is 12.5. The second kappa shape index (κ2) is 4.84. The number of carbonyl (C=O) groups is 1. The highest BCUT2D eigenvalue weighted by molar-refractivity contribution is 5.82. The molecular formula is C15H27NO2. The van der Waals surface area contributed by atoms with Gasteiger partial charge >= 0.3 is 0 Å². The van der Waals surface area contributed by atoms with Gasteiger partial charge in [-0.2, -0.15) is 0 Å². The molecule has 3 nitrogen and oxygen atoms in total. The van der Waals surface area contributed by atoms with Crippen molar-refractivity contribution in [3.8, 4) is 0 Å². The van der Waals surface area contributed by atoms with Crippen LogP contribution in [0.5, 0.6) is 0 Å². The van der Waals surface area contributed by atoms with Crippen molar-refractivity contribution in [3.63, 3.8) is 0 Å². The van der Waals surface area contributed by atoms with E-state index < -0.39 is 5.60 Å². The predicted molar refractivity (Wildman–Crippen MR) is 72.2 cm³/mol. The predicted octanol–water partition coefficient (Wildman–Crippen LogP) is 2.58. The van der Waals surface area contributed by atoms with Gasteiger partial charge in [-0.3, -0.25) is 4.79 Å². The lowest BCUT2D eigenvalue weighted by molar-refractivity contribution is -0.152. The first-order valence-corrected chi connectivity index (χ1v) is 7.41. The quantitative estimate of drug-likeness (QED) is 0.821. The summed E-state index contributed by atoms with van der Waals surface area (Å²) in [4.78, 5) is 14.5. The Morgan fingerprint density at radius 1 is 1.39 bits per heavy atom. The first-order chi connectivity index (χ1) is 8.39. The zero-order chi connectivity index (χ0) is 13.4. The lowest BCUT2D eigenvalue weighted by atomic mass is 9.71. The molecular weight excluding hydrogens is 226 g/mol. The molecule has 0 radical (unpaired) electrons. The van der Waals surface area contributed by atoms with E-state index in [1.54, 1.807) is 0 Å². The minimum Gasteiger partial charge on any atom is -0.389 e. The molecule has 2 atom stereocenters. The summed E-state index contributed by atoms with van der Waals surface area (Å²) < 4.78 is 0. The molecule has 18 heavy (non-hydrogen) atoms. The molecule has 2 rings (SSSR count). The fourth-order valence-corrected chi connectivity index (χ4v) is 3.33. The third-order valence-electron chi connectivity index (χ3n) is 5.18. The number of piperidine rings is 1. The highest BCUT2D eigenvalue weighted by Crippen LogP contribution is 2.40. The van der Waals surface area contributed by atoms with Crippen molar-refractivity contribution in [3.05, 3.63) is 0 Å². The number of rotatable bonds is 2. The zero-order valence-corrected chi connectivity index (χ0v) is 12.0. The fourth-order valence-electron chi connectivity index (χ4n) is 3.33. The summed E-state index contributed by atoms with van der Waals surface area (Å²) in [5.41, 5.74) is -0.741. The smallest absolute Gasteiger partial charge is 0.228 e. The third kappa shape index (κ3) is 2.42. The summed E-state index contributed by atoms with van der Waals surface area (Å²) in [5.74, 6) is 0.564. The number of amides is 1. The number of hydrogen-bond donors (Lipinski definition) is 1. The highest BCUT2D eigenvalue weighted by Gasteiger charge is 2.45. The topological polar surface area (TPSA) is 40.5 Å². The van der Waals surface area contributed by atoms with Gasteiger partial charge in [0.25, 0.3) is 0 Å². The molecule has 1 saturated carbocycles. The van der Waals surface area contributed by atoms with Crippen molar-refractivity contribution < 1.29 is 9.90 Å². The van der Waals surface area contributed by atoms with E-state index in [9.17, 15) is 9.90 Å². The second-order valence-corrected chi connectivity index (χ2v) is 6.78. The van der Waals surface area contributed by atoms with Crippen molar-refractivity contribution >= 4 is 5.91 Å². The Kier molecular flexibility index (Phi) is 3.72. The number of aliphatic hydroxyl groups is 1. The van der Waals surface area contributed by atoms with Crippen molar-refractivity contribution in [1.82, 2.24) is 4.90 Å². The monoisotopic (exact) mass is 253 g/mol. The van der Waals surface area contributed by atoms with E-state index in [1.165, 1.54) is 6.42 Å². The van der Waals surface area contributed by atoms with Gasteiger partial charge in [0.15, 0.2) is 0 Å². The van der Waals surface area contributed by atoms with Crippen LogP contribution in [0.3, 0.4) is 0 Å². The van der Waals surface area contributed by atoms with E-state index in [0.29, 0.717) is 5.92 Å². The Morgan fingerprint density at radius 2 is 2.11 bits per heavy atom. The van der Waals surface area contributed by atoms with E-state index >= 15 is 0 Å². The number of carbonyl (C=O) groups excluding carboxylic acids is 1. The maximum Gasteiger partial charge on any atom is 0.228 e. The van der Waals surface area contributed by atoms with E-state index in [2.05, 4.69) is 6.92 Å². The number of fused-ring (bicyclic) bond motifs is 1. The molecule has 0 aromatic carbocycles. The van der Waals surface area contributed by atoms with Crippen LogP contribution < -0.4 is 0 Å². The lowest BCUT2D eigenvalue weighted by Gasteiger charge is -2.48. The molecule has 1 saturated heterocycles. The summed E-state index contributed by atoms with van der Waals surface area (Å²) in [6.07, 6.45) is 5.98. The molecule has 104 valence electrons. The molecule has 0 aromatic heterocycles. The Morgan fingerprint density at radius 3 is 2.78 bits per heavy atom. The van der Waals surface area contributed by atoms with Crippen LogP contribution in [0.2, 0.25) is 0 Å². The van der Waals surface area contributed by atoms with Gasteiger partial charge in [0, 0.05) is 24.4 Å². The number of likely N-dealkylation sites (tertiary alicyclic amines) is 1. The number of nitrogens with zero attached hydrogens (tertiary/aromatic N) is 1. The average molecular weight is 253 g/mol. The maximum atomic E-state index is 12.5. The largest absolute Gasteiger partial charge is 0.389 e. The molecule has 2 fully saturated rings. The molecule has 0 spiro atoms. The summed E-state index contributed by atoms with van der Waals surface area (Å²) in [7, 11) is 0. The van der Waals surface area contributed by atoms with Crippen molar-refractivity contribution in [2.75, 3.05) is 13.1 Å². The molecule has 1 N–H and O–H groups in total. The van der Waals surface area contributed by atoms with E-state index in [0.717, 1.165) is 45.2 Å². The molecule has 1 aliphatic heterocycles. The molecule has 0 aromatic rings. The van der Waals surface area contributed by atoms with Gasteiger partial charge < -0.3 is 10.0 Å². The van der Waals surface area contributed by atoms with Gasteiger partial charge in [-0.05, 0) is 25.7 Å². The van der Waals surface area contributed by atoms with Crippen LogP contribution in [0.4, 0.5) is 0 Å². The van der Waals surface area contributed by atoms with Gasteiger partial charge in [-0.25, -0.2) is 0 Å². The van der Waals surface area contributed by atoms with Crippen molar-refractivity contribution in [1.29, 1.82) is 0 Å². The first-order valence-electron chi connectivity index (χ1n) is 7.41. The molecule has 1 aliphatic carbocycles. The summed E-state index contributed by atoms with van der Waals surface area (Å²) in [5, 5.41) is 10.6. The fraction of sp³-hybridized carbons (Fsp3) is 0.933. The van der Waals surface area contributed by atoms with Gasteiger partial charge in [-0.15, -0.1) is 0 Å². The zero-order valence-electron chi connectivity index (χ0n) is 12.0.